The maximum Gasteiger partial charge on any atom is 0.328 e. The van der Waals surface area contributed by atoms with Crippen LogP contribution in [0.25, 0.3) is 0 Å². The van der Waals surface area contributed by atoms with Crippen molar-refractivity contribution in [2.24, 2.45) is 5.92 Å². The lowest BCUT2D eigenvalue weighted by Gasteiger charge is -2.19. The Morgan fingerprint density at radius 3 is 2.58 bits per heavy atom. The van der Waals surface area contributed by atoms with Gasteiger partial charge in [-0.3, -0.25) is 9.48 Å². The summed E-state index contributed by atoms with van der Waals surface area (Å²) in [6.45, 7) is 8.03. The zero-order valence-corrected chi connectivity index (χ0v) is 12.1. The molecule has 0 saturated carbocycles. The van der Waals surface area contributed by atoms with Crippen molar-refractivity contribution in [1.82, 2.24) is 15.1 Å². The van der Waals surface area contributed by atoms with Gasteiger partial charge in [-0.15, -0.1) is 0 Å². The maximum absolute atomic E-state index is 12.2. The Hall–Kier alpha value is -1.85. The lowest BCUT2D eigenvalue weighted by atomic mass is 10.0. The summed E-state index contributed by atoms with van der Waals surface area (Å²) in [5.74, 6) is -0.801. The third-order valence-corrected chi connectivity index (χ3v) is 2.84. The first-order chi connectivity index (χ1) is 8.90. The van der Waals surface area contributed by atoms with Gasteiger partial charge in [-0.25, -0.2) is 4.79 Å². The van der Waals surface area contributed by atoms with Crippen LogP contribution in [-0.4, -0.2) is 34.8 Å². The molecule has 1 amide bonds. The van der Waals surface area contributed by atoms with Gasteiger partial charge in [-0.1, -0.05) is 13.8 Å². The van der Waals surface area contributed by atoms with Gasteiger partial charge < -0.3 is 10.1 Å². The van der Waals surface area contributed by atoms with Crippen LogP contribution in [0.4, 0.5) is 0 Å². The molecule has 1 aromatic heterocycles. The monoisotopic (exact) mass is 267 g/mol. The summed E-state index contributed by atoms with van der Waals surface area (Å²) in [4.78, 5) is 23.8. The largest absolute Gasteiger partial charge is 0.467 e. The van der Waals surface area contributed by atoms with Gasteiger partial charge in [0.25, 0.3) is 5.91 Å². The van der Waals surface area contributed by atoms with E-state index in [1.54, 1.807) is 10.7 Å². The van der Waals surface area contributed by atoms with E-state index in [0.717, 1.165) is 5.69 Å². The van der Waals surface area contributed by atoms with E-state index in [2.05, 4.69) is 10.4 Å². The van der Waals surface area contributed by atoms with Gasteiger partial charge in [-0.05, 0) is 25.8 Å². The standard InChI is InChI=1S/C13H21N3O3/c1-6-16-10(7-9(4)15-16)12(17)14-11(8(2)3)13(18)19-5/h7-8,11H,6H2,1-5H3,(H,14,17). The second kappa shape index (κ2) is 6.36. The molecule has 0 fully saturated rings. The highest BCUT2D eigenvalue weighted by Crippen LogP contribution is 2.08. The minimum Gasteiger partial charge on any atom is -0.467 e. The molecule has 6 heteroatoms. The molecule has 0 aliphatic rings. The van der Waals surface area contributed by atoms with Crippen molar-refractivity contribution in [1.29, 1.82) is 0 Å². The normalized spacial score (nSPS) is 12.3. The van der Waals surface area contributed by atoms with Crippen LogP contribution in [0.2, 0.25) is 0 Å². The molecule has 6 nitrogen and oxygen atoms in total. The Morgan fingerprint density at radius 1 is 1.47 bits per heavy atom. The molecule has 106 valence electrons. The van der Waals surface area contributed by atoms with E-state index in [-0.39, 0.29) is 11.8 Å². The van der Waals surface area contributed by atoms with Crippen molar-refractivity contribution in [2.45, 2.75) is 40.3 Å². The van der Waals surface area contributed by atoms with Crippen molar-refractivity contribution in [2.75, 3.05) is 7.11 Å². The molecule has 1 unspecified atom stereocenters. The Kier molecular flexibility index (Phi) is 5.09. The van der Waals surface area contributed by atoms with Crippen LogP contribution in [0, 0.1) is 12.8 Å². The molecule has 0 spiro atoms. The third kappa shape index (κ3) is 3.56. The SMILES string of the molecule is CCn1nc(C)cc1C(=O)NC(C(=O)OC)C(C)C. The van der Waals surface area contributed by atoms with Crippen LogP contribution < -0.4 is 5.32 Å². The predicted octanol–water partition coefficient (Wildman–Crippen LogP) is 1.14. The van der Waals surface area contributed by atoms with Gasteiger partial charge in [0.1, 0.15) is 11.7 Å². The van der Waals surface area contributed by atoms with Crippen LogP contribution in [0.15, 0.2) is 6.07 Å². The lowest BCUT2D eigenvalue weighted by molar-refractivity contribution is -0.144. The van der Waals surface area contributed by atoms with Crippen molar-refractivity contribution in [3.63, 3.8) is 0 Å². The molecule has 0 saturated heterocycles. The molecule has 0 bridgehead atoms. The van der Waals surface area contributed by atoms with E-state index in [4.69, 9.17) is 4.74 Å². The molecule has 0 aliphatic heterocycles. The fourth-order valence-electron chi connectivity index (χ4n) is 1.81. The molecule has 1 heterocycles. The topological polar surface area (TPSA) is 73.2 Å². The predicted molar refractivity (Wildman–Crippen MR) is 70.7 cm³/mol. The Balaban J connectivity index is 2.90. The number of amides is 1. The molecule has 0 aliphatic carbocycles. The van der Waals surface area contributed by atoms with E-state index in [1.807, 2.05) is 27.7 Å². The zero-order valence-electron chi connectivity index (χ0n) is 12.1. The highest BCUT2D eigenvalue weighted by Gasteiger charge is 2.26. The summed E-state index contributed by atoms with van der Waals surface area (Å²) in [7, 11) is 1.31. The number of carbonyl (C=O) groups excluding carboxylic acids is 2. The lowest BCUT2D eigenvalue weighted by Crippen LogP contribution is -2.45. The number of methoxy groups -OCH3 is 1. The number of ether oxygens (including phenoxy) is 1. The second-order valence-electron chi connectivity index (χ2n) is 4.71. The molecular formula is C13H21N3O3. The quantitative estimate of drug-likeness (QED) is 0.812. The van der Waals surface area contributed by atoms with Gasteiger partial charge in [0, 0.05) is 6.54 Å². The molecule has 1 aromatic rings. The number of nitrogens with one attached hydrogen (secondary N) is 1. The summed E-state index contributed by atoms with van der Waals surface area (Å²) in [6, 6.07) is 1.05. The van der Waals surface area contributed by atoms with Crippen molar-refractivity contribution in [3.05, 3.63) is 17.5 Å². The van der Waals surface area contributed by atoms with E-state index in [0.29, 0.717) is 12.2 Å². The molecule has 0 aromatic carbocycles. The van der Waals surface area contributed by atoms with Gasteiger partial charge in [0.15, 0.2) is 0 Å². The summed E-state index contributed by atoms with van der Waals surface area (Å²) < 4.78 is 6.31. The fraction of sp³-hybridized carbons (Fsp3) is 0.615. The number of hydrogen-bond acceptors (Lipinski definition) is 4. The summed E-state index contributed by atoms with van der Waals surface area (Å²) in [6.07, 6.45) is 0. The van der Waals surface area contributed by atoms with Gasteiger partial charge in [0.05, 0.1) is 12.8 Å². The highest BCUT2D eigenvalue weighted by atomic mass is 16.5. The molecular weight excluding hydrogens is 246 g/mol. The number of esters is 1. The van der Waals surface area contributed by atoms with Gasteiger partial charge in [-0.2, -0.15) is 5.10 Å². The van der Waals surface area contributed by atoms with E-state index >= 15 is 0 Å². The Labute approximate surface area is 113 Å². The zero-order chi connectivity index (χ0) is 14.6. The van der Waals surface area contributed by atoms with Crippen LogP contribution in [0.5, 0.6) is 0 Å². The number of carbonyl (C=O) groups is 2. The number of aromatic nitrogens is 2. The van der Waals surface area contributed by atoms with Gasteiger partial charge >= 0.3 is 5.97 Å². The minimum absolute atomic E-state index is 0.0458. The van der Waals surface area contributed by atoms with Crippen LogP contribution in [0.3, 0.4) is 0 Å². The smallest absolute Gasteiger partial charge is 0.328 e. The van der Waals surface area contributed by atoms with E-state index < -0.39 is 12.0 Å². The average Bonchev–Trinajstić information content (AvgIpc) is 2.75. The molecule has 1 rings (SSSR count). The highest BCUT2D eigenvalue weighted by molar-refractivity contribution is 5.95. The number of aryl methyl sites for hydroxylation is 2. The minimum atomic E-state index is -0.655. The summed E-state index contributed by atoms with van der Waals surface area (Å²) in [5, 5.41) is 6.90. The van der Waals surface area contributed by atoms with Crippen LogP contribution >= 0.6 is 0 Å². The fourth-order valence-corrected chi connectivity index (χ4v) is 1.81. The molecule has 1 atom stereocenters. The summed E-state index contributed by atoms with van der Waals surface area (Å²) in [5.41, 5.74) is 1.22. The van der Waals surface area contributed by atoms with Crippen LogP contribution in [0.1, 0.15) is 37.0 Å². The Morgan fingerprint density at radius 2 is 2.11 bits per heavy atom. The number of nitrogens with zero attached hydrogens (tertiary/aromatic N) is 2. The van der Waals surface area contributed by atoms with Crippen LogP contribution in [-0.2, 0) is 16.1 Å². The second-order valence-corrected chi connectivity index (χ2v) is 4.71. The van der Waals surface area contributed by atoms with E-state index in [1.165, 1.54) is 7.11 Å². The number of hydrogen-bond donors (Lipinski definition) is 1. The molecule has 1 N–H and O–H groups in total. The first kappa shape index (κ1) is 15.2. The molecule has 0 radical (unpaired) electrons. The third-order valence-electron chi connectivity index (χ3n) is 2.84. The van der Waals surface area contributed by atoms with Gasteiger partial charge in [0.2, 0.25) is 0 Å². The van der Waals surface area contributed by atoms with Crippen molar-refractivity contribution in [3.8, 4) is 0 Å². The maximum atomic E-state index is 12.2. The molecule has 19 heavy (non-hydrogen) atoms. The van der Waals surface area contributed by atoms with Crippen molar-refractivity contribution >= 4 is 11.9 Å². The first-order valence-electron chi connectivity index (χ1n) is 6.33. The van der Waals surface area contributed by atoms with E-state index in [9.17, 15) is 9.59 Å². The van der Waals surface area contributed by atoms with Crippen molar-refractivity contribution < 1.29 is 14.3 Å². The first-order valence-corrected chi connectivity index (χ1v) is 6.33. The number of rotatable bonds is 5. The average molecular weight is 267 g/mol. The summed E-state index contributed by atoms with van der Waals surface area (Å²) >= 11 is 0. The Bertz CT molecular complexity index is 466.